The van der Waals surface area contributed by atoms with Crippen LogP contribution in [0.3, 0.4) is 0 Å². The van der Waals surface area contributed by atoms with Gasteiger partial charge in [0.2, 0.25) is 5.91 Å². The first-order valence-corrected chi connectivity index (χ1v) is 7.81. The molecule has 0 aliphatic carbocycles. The van der Waals surface area contributed by atoms with Gasteiger partial charge in [-0.2, -0.15) is 0 Å². The Morgan fingerprint density at radius 3 is 2.90 bits per heavy atom. The molecule has 0 spiro atoms. The number of piperidine rings is 1. The van der Waals surface area contributed by atoms with Crippen LogP contribution in [0.15, 0.2) is 24.3 Å². The predicted octanol–water partition coefficient (Wildman–Crippen LogP) is 3.06. The molecule has 0 radical (unpaired) electrons. The Kier molecular flexibility index (Phi) is 3.68. The van der Waals surface area contributed by atoms with Crippen LogP contribution in [0.25, 0.3) is 0 Å². The third-order valence-electron chi connectivity index (χ3n) is 5.00. The third-order valence-corrected chi connectivity index (χ3v) is 5.00. The molecule has 2 heterocycles. The van der Waals surface area contributed by atoms with Gasteiger partial charge in [-0.1, -0.05) is 25.1 Å². The molecule has 2 aliphatic heterocycles. The number of carbonyl (C=O) groups is 1. The van der Waals surface area contributed by atoms with E-state index in [2.05, 4.69) is 42.3 Å². The number of likely N-dealkylation sites (tertiary alicyclic amines) is 1. The predicted molar refractivity (Wildman–Crippen MR) is 81.7 cm³/mol. The molecule has 3 atom stereocenters. The van der Waals surface area contributed by atoms with Crippen LogP contribution in [0.4, 0.5) is 5.69 Å². The number of nitrogens with zero attached hydrogens (tertiary/aromatic N) is 1. The van der Waals surface area contributed by atoms with Gasteiger partial charge < -0.3 is 10.2 Å². The van der Waals surface area contributed by atoms with Crippen molar-refractivity contribution in [1.82, 2.24) is 4.90 Å². The van der Waals surface area contributed by atoms with E-state index >= 15 is 0 Å². The summed E-state index contributed by atoms with van der Waals surface area (Å²) in [5, 5.41) is 3.44. The van der Waals surface area contributed by atoms with E-state index < -0.39 is 0 Å². The molecule has 1 amide bonds. The van der Waals surface area contributed by atoms with Gasteiger partial charge >= 0.3 is 0 Å². The zero-order valence-electron chi connectivity index (χ0n) is 12.4. The number of aryl methyl sites for hydroxylation is 1. The van der Waals surface area contributed by atoms with Gasteiger partial charge in [0.1, 0.15) is 6.04 Å². The van der Waals surface area contributed by atoms with E-state index in [1.165, 1.54) is 12.0 Å². The molecule has 1 fully saturated rings. The van der Waals surface area contributed by atoms with Crippen molar-refractivity contribution >= 4 is 11.6 Å². The van der Waals surface area contributed by atoms with Crippen molar-refractivity contribution in [2.24, 2.45) is 5.92 Å². The van der Waals surface area contributed by atoms with Crippen molar-refractivity contribution in [2.75, 3.05) is 11.9 Å². The first-order valence-electron chi connectivity index (χ1n) is 7.81. The molecular weight excluding hydrogens is 248 g/mol. The highest BCUT2D eigenvalue weighted by Gasteiger charge is 2.33. The van der Waals surface area contributed by atoms with Crippen molar-refractivity contribution in [3.05, 3.63) is 29.8 Å². The van der Waals surface area contributed by atoms with Gasteiger partial charge in [-0.05, 0) is 50.2 Å². The molecule has 0 aromatic heterocycles. The Morgan fingerprint density at radius 2 is 2.05 bits per heavy atom. The van der Waals surface area contributed by atoms with E-state index in [9.17, 15) is 4.79 Å². The van der Waals surface area contributed by atoms with Gasteiger partial charge in [0.25, 0.3) is 0 Å². The summed E-state index contributed by atoms with van der Waals surface area (Å²) < 4.78 is 0. The van der Waals surface area contributed by atoms with Crippen molar-refractivity contribution in [2.45, 2.75) is 51.6 Å². The van der Waals surface area contributed by atoms with Gasteiger partial charge in [-0.3, -0.25) is 4.79 Å². The van der Waals surface area contributed by atoms with Crippen molar-refractivity contribution in [1.29, 1.82) is 0 Å². The molecule has 3 nitrogen and oxygen atoms in total. The van der Waals surface area contributed by atoms with Gasteiger partial charge in [0.05, 0.1) is 0 Å². The highest BCUT2D eigenvalue weighted by atomic mass is 16.2. The number of hydrogen-bond donors (Lipinski definition) is 1. The van der Waals surface area contributed by atoms with E-state index in [0.717, 1.165) is 31.5 Å². The second-order valence-electron chi connectivity index (χ2n) is 6.28. The minimum atomic E-state index is -0.0438. The summed E-state index contributed by atoms with van der Waals surface area (Å²) in [5.41, 5.74) is 2.46. The largest absolute Gasteiger partial charge is 0.373 e. The van der Waals surface area contributed by atoms with Crippen molar-refractivity contribution in [3.8, 4) is 0 Å². The van der Waals surface area contributed by atoms with Crippen LogP contribution in [-0.4, -0.2) is 29.4 Å². The first kappa shape index (κ1) is 13.5. The summed E-state index contributed by atoms with van der Waals surface area (Å²) in [6.07, 6.45) is 4.29. The Hall–Kier alpha value is -1.51. The lowest BCUT2D eigenvalue weighted by molar-refractivity contribution is -0.136. The maximum atomic E-state index is 12.8. The number of carbonyl (C=O) groups excluding carboxylic acids is 1. The SMILES string of the molecule is CC1CCCN(C(=O)C2CCc3ccccc3N2)C1C. The minimum Gasteiger partial charge on any atom is -0.373 e. The van der Waals surface area contributed by atoms with Crippen LogP contribution in [0.1, 0.15) is 38.7 Å². The van der Waals surface area contributed by atoms with Crippen LogP contribution in [0.2, 0.25) is 0 Å². The lowest BCUT2D eigenvalue weighted by Gasteiger charge is -2.40. The smallest absolute Gasteiger partial charge is 0.245 e. The molecule has 0 bridgehead atoms. The van der Waals surface area contributed by atoms with Gasteiger partial charge in [0.15, 0.2) is 0 Å². The fourth-order valence-electron chi connectivity index (χ4n) is 3.47. The summed E-state index contributed by atoms with van der Waals surface area (Å²) in [5.74, 6) is 0.905. The number of benzene rings is 1. The lowest BCUT2D eigenvalue weighted by Crippen LogP contribution is -2.52. The normalized spacial score (nSPS) is 29.5. The monoisotopic (exact) mass is 272 g/mol. The molecule has 1 saturated heterocycles. The van der Waals surface area contributed by atoms with E-state index in [1.54, 1.807) is 0 Å². The van der Waals surface area contributed by atoms with Gasteiger partial charge in [-0.15, -0.1) is 0 Å². The van der Waals surface area contributed by atoms with E-state index in [-0.39, 0.29) is 6.04 Å². The van der Waals surface area contributed by atoms with E-state index in [4.69, 9.17) is 0 Å². The standard InChI is InChI=1S/C17H24N2O/c1-12-6-5-11-19(13(12)2)17(20)16-10-9-14-7-3-4-8-15(14)18-16/h3-4,7-8,12-13,16,18H,5-6,9-11H2,1-2H3. The minimum absolute atomic E-state index is 0.0438. The zero-order chi connectivity index (χ0) is 14.1. The number of para-hydroxylation sites is 1. The van der Waals surface area contributed by atoms with Crippen LogP contribution < -0.4 is 5.32 Å². The van der Waals surface area contributed by atoms with Crippen molar-refractivity contribution in [3.63, 3.8) is 0 Å². The molecule has 2 aliphatic rings. The summed E-state index contributed by atoms with van der Waals surface area (Å²) >= 11 is 0. The quantitative estimate of drug-likeness (QED) is 0.852. The maximum absolute atomic E-state index is 12.8. The zero-order valence-corrected chi connectivity index (χ0v) is 12.4. The highest BCUT2D eigenvalue weighted by molar-refractivity contribution is 5.86. The number of hydrogen-bond acceptors (Lipinski definition) is 2. The van der Waals surface area contributed by atoms with Crippen LogP contribution >= 0.6 is 0 Å². The average Bonchev–Trinajstić information content (AvgIpc) is 2.49. The number of rotatable bonds is 1. The third kappa shape index (κ3) is 2.41. The first-order chi connectivity index (χ1) is 9.66. The number of fused-ring (bicyclic) bond motifs is 1. The molecule has 3 heteroatoms. The number of anilines is 1. The Labute approximate surface area is 121 Å². The molecule has 108 valence electrons. The van der Waals surface area contributed by atoms with E-state index in [1.807, 2.05) is 6.07 Å². The number of nitrogens with one attached hydrogen (secondary N) is 1. The van der Waals surface area contributed by atoms with Crippen LogP contribution in [0, 0.1) is 5.92 Å². The summed E-state index contributed by atoms with van der Waals surface area (Å²) in [6, 6.07) is 8.65. The second-order valence-corrected chi connectivity index (χ2v) is 6.28. The lowest BCUT2D eigenvalue weighted by atomic mass is 9.90. The molecule has 1 aromatic rings. The van der Waals surface area contributed by atoms with Crippen LogP contribution in [-0.2, 0) is 11.2 Å². The molecule has 1 aromatic carbocycles. The molecule has 20 heavy (non-hydrogen) atoms. The average molecular weight is 272 g/mol. The fraction of sp³-hybridized carbons (Fsp3) is 0.588. The van der Waals surface area contributed by atoms with E-state index in [0.29, 0.717) is 17.9 Å². The molecule has 3 rings (SSSR count). The number of amides is 1. The molecular formula is C17H24N2O. The van der Waals surface area contributed by atoms with Gasteiger partial charge in [-0.25, -0.2) is 0 Å². The molecule has 1 N–H and O–H groups in total. The maximum Gasteiger partial charge on any atom is 0.245 e. The summed E-state index contributed by atoms with van der Waals surface area (Å²) in [7, 11) is 0. The fourth-order valence-corrected chi connectivity index (χ4v) is 3.47. The Balaban J connectivity index is 1.72. The topological polar surface area (TPSA) is 32.3 Å². The summed E-state index contributed by atoms with van der Waals surface area (Å²) in [6.45, 7) is 5.37. The highest BCUT2D eigenvalue weighted by Crippen LogP contribution is 2.28. The summed E-state index contributed by atoms with van der Waals surface area (Å²) in [4.78, 5) is 14.9. The van der Waals surface area contributed by atoms with Crippen molar-refractivity contribution < 1.29 is 4.79 Å². The Bertz CT molecular complexity index is 500. The molecule has 0 saturated carbocycles. The second kappa shape index (κ2) is 5.47. The Morgan fingerprint density at radius 1 is 1.25 bits per heavy atom. The molecule has 3 unspecified atom stereocenters. The van der Waals surface area contributed by atoms with Crippen LogP contribution in [0.5, 0.6) is 0 Å². The van der Waals surface area contributed by atoms with Gasteiger partial charge in [0, 0.05) is 18.3 Å².